The maximum atomic E-state index is 12.7. The lowest BCUT2D eigenvalue weighted by Crippen LogP contribution is -2.30. The second kappa shape index (κ2) is 7.85. The van der Waals surface area contributed by atoms with Gasteiger partial charge in [0.25, 0.3) is 5.91 Å². The van der Waals surface area contributed by atoms with Crippen LogP contribution in [-0.2, 0) is 0 Å². The van der Waals surface area contributed by atoms with Crippen molar-refractivity contribution in [3.05, 3.63) is 84.7 Å². The molecule has 0 unspecified atom stereocenters. The maximum absolute atomic E-state index is 12.7. The molecule has 1 heterocycles. The normalized spacial score (nSPS) is 10.5. The highest BCUT2D eigenvalue weighted by molar-refractivity contribution is 6.07. The molecule has 0 atom stereocenters. The summed E-state index contributed by atoms with van der Waals surface area (Å²) < 4.78 is 0. The Labute approximate surface area is 168 Å². The minimum atomic E-state index is -0.280. The Hall–Kier alpha value is -4.13. The number of anilines is 4. The molecule has 7 nitrogen and oxygen atoms in total. The summed E-state index contributed by atoms with van der Waals surface area (Å²) in [6.45, 7) is 0. The topological polar surface area (TPSA) is 96.2 Å². The zero-order chi connectivity index (χ0) is 20.2. The zero-order valence-corrected chi connectivity index (χ0v) is 15.8. The molecule has 4 aromatic rings. The van der Waals surface area contributed by atoms with Crippen molar-refractivity contribution < 1.29 is 4.79 Å². The summed E-state index contributed by atoms with van der Waals surface area (Å²) in [7, 11) is 1.87. The summed E-state index contributed by atoms with van der Waals surface area (Å²) in [5.74, 6) is 0.581. The third-order valence-corrected chi connectivity index (χ3v) is 4.65. The van der Waals surface area contributed by atoms with Crippen molar-refractivity contribution in [1.82, 2.24) is 15.4 Å². The van der Waals surface area contributed by atoms with Gasteiger partial charge in [-0.3, -0.25) is 15.6 Å². The molecule has 4 rings (SSSR count). The van der Waals surface area contributed by atoms with Crippen LogP contribution < -0.4 is 21.5 Å². The number of carbonyl (C=O) groups excluding carboxylic acids is 1. The molecule has 0 fully saturated rings. The van der Waals surface area contributed by atoms with Crippen molar-refractivity contribution in [3.8, 4) is 0 Å². The van der Waals surface area contributed by atoms with Crippen LogP contribution in [0.1, 0.15) is 10.4 Å². The lowest BCUT2D eigenvalue weighted by Gasteiger charge is -2.21. The third kappa shape index (κ3) is 3.66. The second-order valence-corrected chi connectivity index (χ2v) is 6.46. The van der Waals surface area contributed by atoms with Crippen molar-refractivity contribution in [2.75, 3.05) is 23.1 Å². The van der Waals surface area contributed by atoms with Crippen molar-refractivity contribution in [2.45, 2.75) is 0 Å². The zero-order valence-electron chi connectivity index (χ0n) is 15.8. The van der Waals surface area contributed by atoms with Crippen LogP contribution in [0.25, 0.3) is 10.8 Å². The van der Waals surface area contributed by atoms with E-state index in [1.807, 2.05) is 78.7 Å². The third-order valence-electron chi connectivity index (χ3n) is 4.65. The van der Waals surface area contributed by atoms with Crippen molar-refractivity contribution in [1.29, 1.82) is 0 Å². The van der Waals surface area contributed by atoms with E-state index >= 15 is 0 Å². The van der Waals surface area contributed by atoms with Gasteiger partial charge in [-0.1, -0.05) is 54.6 Å². The first-order valence-corrected chi connectivity index (χ1v) is 9.08. The Morgan fingerprint density at radius 1 is 0.931 bits per heavy atom. The van der Waals surface area contributed by atoms with Gasteiger partial charge in [0.15, 0.2) is 11.6 Å². The fourth-order valence-electron chi connectivity index (χ4n) is 3.13. The number of benzene rings is 3. The van der Waals surface area contributed by atoms with Gasteiger partial charge in [-0.15, -0.1) is 0 Å². The molecule has 1 aromatic heterocycles. The van der Waals surface area contributed by atoms with Gasteiger partial charge >= 0.3 is 0 Å². The first-order chi connectivity index (χ1) is 14.1. The lowest BCUT2D eigenvalue weighted by molar-refractivity contribution is 0.0964. The predicted octanol–water partition coefficient (Wildman–Crippen LogP) is 3.74. The molecule has 0 saturated carbocycles. The fraction of sp³-hybridized carbons (Fsp3) is 0.0455. The number of rotatable bonds is 5. The Balaban J connectivity index is 1.55. The van der Waals surface area contributed by atoms with Crippen molar-refractivity contribution in [3.63, 3.8) is 0 Å². The quantitative estimate of drug-likeness (QED) is 0.454. The first kappa shape index (κ1) is 18.2. The highest BCUT2D eigenvalue weighted by atomic mass is 16.2. The molecule has 29 heavy (non-hydrogen) atoms. The van der Waals surface area contributed by atoms with Gasteiger partial charge in [-0.05, 0) is 29.0 Å². The second-order valence-electron chi connectivity index (χ2n) is 6.46. The molecule has 0 spiro atoms. The highest BCUT2D eigenvalue weighted by Crippen LogP contribution is 2.30. The maximum Gasteiger partial charge on any atom is 0.270 e. The molecule has 0 aliphatic heterocycles. The molecule has 0 aliphatic rings. The van der Waals surface area contributed by atoms with Gasteiger partial charge in [0.1, 0.15) is 12.0 Å². The van der Waals surface area contributed by atoms with Crippen LogP contribution in [-0.4, -0.2) is 22.9 Å². The molecule has 0 bridgehead atoms. The summed E-state index contributed by atoms with van der Waals surface area (Å²) in [4.78, 5) is 23.0. The van der Waals surface area contributed by atoms with E-state index in [9.17, 15) is 4.79 Å². The van der Waals surface area contributed by atoms with Gasteiger partial charge < -0.3 is 10.6 Å². The minimum absolute atomic E-state index is 0.280. The predicted molar refractivity (Wildman–Crippen MR) is 116 cm³/mol. The monoisotopic (exact) mass is 384 g/mol. The number of nitrogens with zero attached hydrogens (tertiary/aromatic N) is 3. The van der Waals surface area contributed by atoms with Crippen LogP contribution >= 0.6 is 0 Å². The molecule has 4 N–H and O–H groups in total. The molecule has 7 heteroatoms. The number of hydrazine groups is 1. The Bertz CT molecular complexity index is 1160. The number of nitrogen functional groups attached to an aromatic ring is 1. The van der Waals surface area contributed by atoms with Gasteiger partial charge in [0.05, 0.1) is 0 Å². The fourth-order valence-corrected chi connectivity index (χ4v) is 3.13. The molecular formula is C22H20N6O. The Kier molecular flexibility index (Phi) is 4.94. The van der Waals surface area contributed by atoms with Crippen LogP contribution in [0.3, 0.4) is 0 Å². The summed E-state index contributed by atoms with van der Waals surface area (Å²) in [5.41, 5.74) is 13.6. The SMILES string of the molecule is CN(c1ccccc1)c1ncnc(NNC(=O)c2cccc3ccccc23)c1N. The summed E-state index contributed by atoms with van der Waals surface area (Å²) in [5, 5.41) is 1.86. The van der Waals surface area contributed by atoms with Crippen LogP contribution in [0.4, 0.5) is 23.0 Å². The summed E-state index contributed by atoms with van der Waals surface area (Å²) in [6.07, 6.45) is 1.40. The van der Waals surface area contributed by atoms with E-state index in [1.165, 1.54) is 6.33 Å². The van der Waals surface area contributed by atoms with Gasteiger partial charge in [-0.2, -0.15) is 0 Å². The minimum Gasteiger partial charge on any atom is -0.393 e. The molecule has 144 valence electrons. The van der Waals surface area contributed by atoms with E-state index in [-0.39, 0.29) is 5.91 Å². The summed E-state index contributed by atoms with van der Waals surface area (Å²) in [6, 6.07) is 23.0. The van der Waals surface area contributed by atoms with Crippen LogP contribution in [0, 0.1) is 0 Å². The number of hydrogen-bond donors (Lipinski definition) is 3. The van der Waals surface area contributed by atoms with E-state index in [2.05, 4.69) is 20.8 Å². The lowest BCUT2D eigenvalue weighted by atomic mass is 10.0. The van der Waals surface area contributed by atoms with Crippen molar-refractivity contribution >= 4 is 39.7 Å². The number of fused-ring (bicyclic) bond motifs is 1. The van der Waals surface area contributed by atoms with E-state index in [4.69, 9.17) is 5.73 Å². The largest absolute Gasteiger partial charge is 0.393 e. The van der Waals surface area contributed by atoms with E-state index in [1.54, 1.807) is 6.07 Å². The standard InChI is InChI=1S/C22H20N6O/c1-28(16-10-3-2-4-11-16)21-19(23)20(24-14-25-21)26-27-22(29)18-13-7-9-15-8-5-6-12-17(15)18/h2-14H,23H2,1H3,(H,27,29)(H,24,25,26). The van der Waals surface area contributed by atoms with Crippen LogP contribution in [0.15, 0.2) is 79.1 Å². The van der Waals surface area contributed by atoms with Crippen LogP contribution in [0.2, 0.25) is 0 Å². The number of aromatic nitrogens is 2. The number of nitrogens with one attached hydrogen (secondary N) is 2. The average molecular weight is 384 g/mol. The van der Waals surface area contributed by atoms with E-state index in [0.29, 0.717) is 22.9 Å². The smallest absolute Gasteiger partial charge is 0.270 e. The number of hydrogen-bond acceptors (Lipinski definition) is 6. The number of carbonyl (C=O) groups is 1. The number of para-hydroxylation sites is 1. The molecule has 1 amide bonds. The Morgan fingerprint density at radius 2 is 1.66 bits per heavy atom. The molecule has 3 aromatic carbocycles. The van der Waals surface area contributed by atoms with Gasteiger partial charge in [0.2, 0.25) is 0 Å². The Morgan fingerprint density at radius 3 is 2.48 bits per heavy atom. The average Bonchev–Trinajstić information content (AvgIpc) is 2.78. The number of amides is 1. The van der Waals surface area contributed by atoms with Crippen LogP contribution in [0.5, 0.6) is 0 Å². The molecular weight excluding hydrogens is 364 g/mol. The van der Waals surface area contributed by atoms with Crippen molar-refractivity contribution in [2.24, 2.45) is 0 Å². The molecule has 0 saturated heterocycles. The molecule has 0 radical (unpaired) electrons. The number of nitrogens with two attached hydrogens (primary N) is 1. The van der Waals surface area contributed by atoms with E-state index in [0.717, 1.165) is 16.5 Å². The highest BCUT2D eigenvalue weighted by Gasteiger charge is 2.15. The summed E-state index contributed by atoms with van der Waals surface area (Å²) >= 11 is 0. The van der Waals surface area contributed by atoms with E-state index < -0.39 is 0 Å². The first-order valence-electron chi connectivity index (χ1n) is 9.08. The molecule has 0 aliphatic carbocycles. The van der Waals surface area contributed by atoms with Gasteiger partial charge in [-0.25, -0.2) is 9.97 Å². The van der Waals surface area contributed by atoms with Gasteiger partial charge in [0, 0.05) is 18.3 Å².